The highest BCUT2D eigenvalue weighted by Gasteiger charge is 2.10. The van der Waals surface area contributed by atoms with Crippen LogP contribution >= 0.6 is 34.8 Å². The smallest absolute Gasteiger partial charge is 0.291 e. The number of nitrogens with zero attached hydrogens (tertiary/aromatic N) is 2. The molecule has 0 saturated heterocycles. The van der Waals surface area contributed by atoms with Gasteiger partial charge in [-0.1, -0.05) is 34.8 Å². The van der Waals surface area contributed by atoms with Crippen molar-refractivity contribution in [2.45, 2.75) is 6.92 Å². The summed E-state index contributed by atoms with van der Waals surface area (Å²) in [4.78, 5) is 11.9. The predicted octanol–water partition coefficient (Wildman–Crippen LogP) is 3.62. The molecule has 0 aliphatic rings. The van der Waals surface area contributed by atoms with Crippen molar-refractivity contribution in [1.82, 2.24) is 9.78 Å². The maximum atomic E-state index is 11.9. The molecule has 0 bridgehead atoms. The summed E-state index contributed by atoms with van der Waals surface area (Å²) < 4.78 is 1.15. The van der Waals surface area contributed by atoms with Crippen LogP contribution in [0.2, 0.25) is 15.1 Å². The first kappa shape index (κ1) is 14.2. The van der Waals surface area contributed by atoms with E-state index in [1.54, 1.807) is 18.2 Å². The Balaban J connectivity index is 2.52. The fourth-order valence-corrected chi connectivity index (χ4v) is 2.06. The van der Waals surface area contributed by atoms with E-state index in [0.29, 0.717) is 10.7 Å². The van der Waals surface area contributed by atoms with Gasteiger partial charge in [-0.25, -0.2) is 0 Å². The summed E-state index contributed by atoms with van der Waals surface area (Å²) in [6, 6.07) is 5.14. The summed E-state index contributed by atoms with van der Waals surface area (Å²) in [5.41, 5.74) is 0.831. The molecular weight excluding hydrogens is 309 g/mol. The molecule has 100 valence electrons. The quantitative estimate of drug-likeness (QED) is 0.940. The van der Waals surface area contributed by atoms with Crippen LogP contribution in [0.3, 0.4) is 0 Å². The summed E-state index contributed by atoms with van der Waals surface area (Å²) in [5.74, 6) is 0. The van der Waals surface area contributed by atoms with Gasteiger partial charge < -0.3 is 5.32 Å². The summed E-state index contributed by atoms with van der Waals surface area (Å²) in [6.45, 7) is 2.72. The zero-order valence-electron chi connectivity index (χ0n) is 9.95. The molecule has 0 spiro atoms. The van der Waals surface area contributed by atoms with Gasteiger partial charge in [-0.15, -0.1) is 0 Å². The molecule has 1 aromatic carbocycles. The molecule has 4 nitrogen and oxygen atoms in total. The average molecular weight is 319 g/mol. The second-order valence-corrected chi connectivity index (χ2v) is 4.91. The van der Waals surface area contributed by atoms with Crippen LogP contribution in [-0.4, -0.2) is 16.3 Å². The number of benzene rings is 1. The van der Waals surface area contributed by atoms with Crippen molar-refractivity contribution in [3.8, 4) is 5.69 Å². The third-order valence-corrected chi connectivity index (χ3v) is 3.50. The molecule has 0 aliphatic heterocycles. The summed E-state index contributed by atoms with van der Waals surface area (Å²) in [6.07, 6.45) is 1.32. The zero-order valence-corrected chi connectivity index (χ0v) is 12.2. The van der Waals surface area contributed by atoms with Gasteiger partial charge in [-0.2, -0.15) is 9.78 Å². The van der Waals surface area contributed by atoms with E-state index in [9.17, 15) is 4.79 Å². The van der Waals surface area contributed by atoms with Gasteiger partial charge in [-0.3, -0.25) is 4.79 Å². The van der Waals surface area contributed by atoms with Crippen LogP contribution in [0.4, 0.5) is 5.69 Å². The first-order chi connectivity index (χ1) is 9.04. The number of nitrogens with one attached hydrogen (secondary N) is 1. The van der Waals surface area contributed by atoms with Crippen molar-refractivity contribution in [2.75, 3.05) is 11.9 Å². The topological polar surface area (TPSA) is 46.9 Å². The van der Waals surface area contributed by atoms with Crippen LogP contribution in [0, 0.1) is 0 Å². The van der Waals surface area contributed by atoms with Gasteiger partial charge in [0, 0.05) is 6.54 Å². The van der Waals surface area contributed by atoms with Crippen molar-refractivity contribution in [1.29, 1.82) is 0 Å². The Hall–Kier alpha value is -1.23. The number of anilines is 1. The lowest BCUT2D eigenvalue weighted by Crippen LogP contribution is -2.21. The van der Waals surface area contributed by atoms with Gasteiger partial charge in [0.15, 0.2) is 0 Å². The van der Waals surface area contributed by atoms with Crippen LogP contribution in [0.25, 0.3) is 5.69 Å². The van der Waals surface area contributed by atoms with E-state index < -0.39 is 5.56 Å². The number of aromatic nitrogens is 2. The van der Waals surface area contributed by atoms with Crippen LogP contribution in [0.15, 0.2) is 29.2 Å². The molecule has 0 fully saturated rings. The van der Waals surface area contributed by atoms with Crippen molar-refractivity contribution in [3.05, 3.63) is 49.8 Å². The largest absolute Gasteiger partial charge is 0.384 e. The fourth-order valence-electron chi connectivity index (χ4n) is 1.57. The maximum absolute atomic E-state index is 11.9. The molecule has 0 radical (unpaired) electrons. The lowest BCUT2D eigenvalue weighted by atomic mass is 10.2. The van der Waals surface area contributed by atoms with E-state index in [1.807, 2.05) is 6.92 Å². The van der Waals surface area contributed by atoms with Crippen molar-refractivity contribution >= 4 is 40.5 Å². The number of hydrogen-bond acceptors (Lipinski definition) is 3. The highest BCUT2D eigenvalue weighted by molar-refractivity contribution is 6.41. The van der Waals surface area contributed by atoms with E-state index in [2.05, 4.69) is 10.4 Å². The molecule has 0 saturated carbocycles. The third-order valence-electron chi connectivity index (χ3n) is 2.44. The lowest BCUT2D eigenvalue weighted by molar-refractivity contribution is 0.807. The van der Waals surface area contributed by atoms with Crippen LogP contribution < -0.4 is 10.9 Å². The first-order valence-corrected chi connectivity index (χ1v) is 6.65. The van der Waals surface area contributed by atoms with E-state index in [-0.39, 0.29) is 10.0 Å². The Bertz CT molecular complexity index is 670. The standard InChI is InChI=1S/C12H10Cl3N3O/c1-2-16-10-4-3-7(5-8(10)13)18-12(19)11(15)9(14)6-17-18/h3-6,16H,2H2,1H3. The van der Waals surface area contributed by atoms with Crippen molar-refractivity contribution < 1.29 is 0 Å². The second kappa shape index (κ2) is 5.82. The Morgan fingerprint density at radius 2 is 2.00 bits per heavy atom. The number of halogens is 3. The molecule has 7 heteroatoms. The number of hydrogen-bond donors (Lipinski definition) is 1. The van der Waals surface area contributed by atoms with Crippen LogP contribution in [0.1, 0.15) is 6.92 Å². The molecule has 19 heavy (non-hydrogen) atoms. The van der Waals surface area contributed by atoms with E-state index >= 15 is 0 Å². The van der Waals surface area contributed by atoms with Gasteiger partial charge >= 0.3 is 0 Å². The van der Waals surface area contributed by atoms with Crippen LogP contribution in [-0.2, 0) is 0 Å². The molecular formula is C12H10Cl3N3O. The minimum absolute atomic E-state index is 0.0662. The van der Waals surface area contributed by atoms with E-state index in [1.165, 1.54) is 6.20 Å². The molecule has 0 aliphatic carbocycles. The lowest BCUT2D eigenvalue weighted by Gasteiger charge is -2.09. The molecule has 0 atom stereocenters. The zero-order chi connectivity index (χ0) is 14.0. The molecule has 0 unspecified atom stereocenters. The highest BCUT2D eigenvalue weighted by Crippen LogP contribution is 2.24. The Morgan fingerprint density at radius 3 is 2.63 bits per heavy atom. The minimum atomic E-state index is -0.485. The molecule has 2 aromatic rings. The summed E-state index contributed by atoms with van der Waals surface area (Å²) in [5, 5.41) is 7.59. The molecule has 1 N–H and O–H groups in total. The van der Waals surface area contributed by atoms with E-state index in [4.69, 9.17) is 34.8 Å². The van der Waals surface area contributed by atoms with E-state index in [0.717, 1.165) is 16.9 Å². The summed E-state index contributed by atoms with van der Waals surface area (Å²) in [7, 11) is 0. The van der Waals surface area contributed by atoms with Gasteiger partial charge in [0.25, 0.3) is 5.56 Å². The molecule has 1 heterocycles. The number of rotatable bonds is 3. The fraction of sp³-hybridized carbons (Fsp3) is 0.167. The van der Waals surface area contributed by atoms with Crippen molar-refractivity contribution in [3.63, 3.8) is 0 Å². The molecule has 1 aromatic heterocycles. The van der Waals surface area contributed by atoms with Crippen LogP contribution in [0.5, 0.6) is 0 Å². The van der Waals surface area contributed by atoms with Crippen molar-refractivity contribution in [2.24, 2.45) is 0 Å². The third kappa shape index (κ3) is 2.86. The highest BCUT2D eigenvalue weighted by atomic mass is 35.5. The molecule has 0 amide bonds. The molecule has 2 rings (SSSR count). The Kier molecular flexibility index (Phi) is 4.34. The Morgan fingerprint density at radius 1 is 1.26 bits per heavy atom. The average Bonchev–Trinajstić information content (AvgIpc) is 2.39. The Labute approximate surface area is 124 Å². The summed E-state index contributed by atoms with van der Waals surface area (Å²) >= 11 is 17.6. The predicted molar refractivity (Wildman–Crippen MR) is 79.0 cm³/mol. The van der Waals surface area contributed by atoms with Gasteiger partial charge in [0.2, 0.25) is 0 Å². The SMILES string of the molecule is CCNc1ccc(-n2ncc(Cl)c(Cl)c2=O)cc1Cl. The van der Waals surface area contributed by atoms with Gasteiger partial charge in [0.1, 0.15) is 5.02 Å². The second-order valence-electron chi connectivity index (χ2n) is 3.72. The van der Waals surface area contributed by atoms with Gasteiger partial charge in [0.05, 0.1) is 27.6 Å². The maximum Gasteiger partial charge on any atom is 0.291 e. The first-order valence-electron chi connectivity index (χ1n) is 5.51. The monoisotopic (exact) mass is 317 g/mol. The van der Waals surface area contributed by atoms with Gasteiger partial charge in [-0.05, 0) is 25.1 Å². The minimum Gasteiger partial charge on any atom is -0.384 e. The normalized spacial score (nSPS) is 10.5.